The molecule has 0 saturated heterocycles. The summed E-state index contributed by atoms with van der Waals surface area (Å²) in [6.45, 7) is 16.6. The Morgan fingerprint density at radius 2 is 1.68 bits per heavy atom. The molecule has 0 radical (unpaired) electrons. The highest BCUT2D eigenvalue weighted by molar-refractivity contribution is 7.49. The van der Waals surface area contributed by atoms with Crippen molar-refractivity contribution in [3.63, 3.8) is 0 Å². The summed E-state index contributed by atoms with van der Waals surface area (Å²) in [4.78, 5) is 0. The Kier molecular flexibility index (Phi) is 7.10. The quantitative estimate of drug-likeness (QED) is 0.376. The molecule has 5 unspecified atom stereocenters. The second kappa shape index (κ2) is 9.21. The molecule has 0 spiro atoms. The van der Waals surface area contributed by atoms with Gasteiger partial charge >= 0.3 is 7.82 Å². The lowest BCUT2D eigenvalue weighted by Gasteiger charge is -2.50. The number of fused-ring (bicyclic) bond motifs is 5. The van der Waals surface area contributed by atoms with Crippen LogP contribution in [0.15, 0.2) is 18.2 Å². The van der Waals surface area contributed by atoms with Crippen LogP contribution in [0.3, 0.4) is 0 Å². The first-order valence-electron chi connectivity index (χ1n) is 13.2. The molecular formula is C28H45O5P. The van der Waals surface area contributed by atoms with Crippen LogP contribution in [-0.4, -0.2) is 23.9 Å². The van der Waals surface area contributed by atoms with E-state index in [0.29, 0.717) is 23.2 Å². The molecule has 0 aliphatic heterocycles. The van der Waals surface area contributed by atoms with Crippen LogP contribution < -0.4 is 4.52 Å². The first kappa shape index (κ1) is 26.2. The van der Waals surface area contributed by atoms with Gasteiger partial charge in [0.1, 0.15) is 5.75 Å². The van der Waals surface area contributed by atoms with E-state index >= 15 is 0 Å². The van der Waals surface area contributed by atoms with Gasteiger partial charge in [0.05, 0.1) is 17.3 Å². The molecule has 3 aliphatic rings. The molecule has 2 fully saturated rings. The van der Waals surface area contributed by atoms with Gasteiger partial charge < -0.3 is 9.26 Å². The molecule has 5 atom stereocenters. The predicted octanol–water partition coefficient (Wildman–Crippen LogP) is 8.06. The maximum Gasteiger partial charge on any atom is 0.531 e. The molecule has 1 aromatic rings. The number of phosphoric acid groups is 1. The second-order valence-corrected chi connectivity index (χ2v) is 14.2. The van der Waals surface area contributed by atoms with Crippen molar-refractivity contribution >= 4 is 7.82 Å². The second-order valence-electron chi connectivity index (χ2n) is 12.8. The molecule has 0 heterocycles. The number of hydrogen-bond donors (Lipinski definition) is 0. The highest BCUT2D eigenvalue weighted by Gasteiger charge is 2.55. The smallest absolute Gasteiger partial charge is 0.404 e. The van der Waals surface area contributed by atoms with E-state index < -0.39 is 19.0 Å². The van der Waals surface area contributed by atoms with Crippen LogP contribution in [0.2, 0.25) is 0 Å². The minimum Gasteiger partial charge on any atom is -0.404 e. The molecule has 0 amide bonds. The Hall–Kier alpha value is -0.870. The van der Waals surface area contributed by atoms with Crippen LogP contribution in [0, 0.1) is 17.3 Å². The first-order valence-corrected chi connectivity index (χ1v) is 14.6. The third-order valence-corrected chi connectivity index (χ3v) is 9.94. The number of ether oxygens (including phenoxy) is 1. The Balaban J connectivity index is 1.55. The highest BCUT2D eigenvalue weighted by atomic mass is 31.2. The summed E-state index contributed by atoms with van der Waals surface area (Å²) < 4.78 is 37.4. The van der Waals surface area contributed by atoms with Crippen molar-refractivity contribution in [2.45, 2.75) is 117 Å². The minimum absolute atomic E-state index is 0.318. The summed E-state index contributed by atoms with van der Waals surface area (Å²) in [5.74, 6) is 2.63. The van der Waals surface area contributed by atoms with E-state index in [9.17, 15) is 4.57 Å². The zero-order valence-corrected chi connectivity index (χ0v) is 23.4. The largest absolute Gasteiger partial charge is 0.531 e. The average molecular weight is 493 g/mol. The van der Waals surface area contributed by atoms with Gasteiger partial charge in [0.25, 0.3) is 0 Å². The Morgan fingerprint density at radius 3 is 2.29 bits per heavy atom. The summed E-state index contributed by atoms with van der Waals surface area (Å²) in [6.07, 6.45) is 7.59. The van der Waals surface area contributed by atoms with Crippen LogP contribution in [0.25, 0.3) is 0 Å². The third-order valence-electron chi connectivity index (χ3n) is 7.97. The van der Waals surface area contributed by atoms with Crippen molar-refractivity contribution in [3.05, 3.63) is 29.3 Å². The molecule has 6 heteroatoms. The van der Waals surface area contributed by atoms with Crippen LogP contribution in [-0.2, 0) is 24.8 Å². The van der Waals surface area contributed by atoms with Crippen LogP contribution >= 0.6 is 7.82 Å². The fourth-order valence-electron chi connectivity index (χ4n) is 6.90. The van der Waals surface area contributed by atoms with Crippen LogP contribution in [0.4, 0.5) is 0 Å². The zero-order valence-electron chi connectivity index (χ0n) is 22.5. The molecular weight excluding hydrogens is 447 g/mol. The van der Waals surface area contributed by atoms with E-state index in [2.05, 4.69) is 26.0 Å². The maximum atomic E-state index is 13.6. The van der Waals surface area contributed by atoms with Crippen molar-refractivity contribution in [2.24, 2.45) is 17.3 Å². The standard InChI is InChI=1S/C28H45O5P/c1-9-30-25-15-14-24-23-12-10-19-18-20(11-13-21(19)22(23)16-17-28(24,25)8)31-34(29,32-26(2,3)4)33-27(5,6)7/h11,13,18,22-25H,9-10,12,14-17H2,1-8H3. The van der Waals surface area contributed by atoms with Gasteiger partial charge in [0.2, 0.25) is 0 Å². The van der Waals surface area contributed by atoms with E-state index in [1.807, 2.05) is 47.6 Å². The molecule has 0 aromatic heterocycles. The van der Waals surface area contributed by atoms with Crippen molar-refractivity contribution in [2.75, 3.05) is 6.61 Å². The molecule has 0 N–H and O–H groups in total. The van der Waals surface area contributed by atoms with Gasteiger partial charge in [-0.15, -0.1) is 0 Å². The van der Waals surface area contributed by atoms with Gasteiger partial charge in [-0.25, -0.2) is 4.57 Å². The maximum absolute atomic E-state index is 13.6. The van der Waals surface area contributed by atoms with Gasteiger partial charge in [0.15, 0.2) is 0 Å². The average Bonchev–Trinajstić information content (AvgIpc) is 3.01. The van der Waals surface area contributed by atoms with Gasteiger partial charge in [-0.05, 0) is 133 Å². The summed E-state index contributed by atoms with van der Waals surface area (Å²) in [7, 11) is -3.80. The highest BCUT2D eigenvalue weighted by Crippen LogP contribution is 2.62. The van der Waals surface area contributed by atoms with Gasteiger partial charge in [0, 0.05) is 6.61 Å². The monoisotopic (exact) mass is 492 g/mol. The van der Waals surface area contributed by atoms with Crippen molar-refractivity contribution in [3.8, 4) is 5.75 Å². The van der Waals surface area contributed by atoms with E-state index in [0.717, 1.165) is 24.9 Å². The Morgan fingerprint density at radius 1 is 1.00 bits per heavy atom. The molecule has 2 saturated carbocycles. The lowest BCUT2D eigenvalue weighted by atomic mass is 9.55. The van der Waals surface area contributed by atoms with E-state index in [4.69, 9.17) is 18.3 Å². The van der Waals surface area contributed by atoms with Crippen molar-refractivity contribution in [1.82, 2.24) is 0 Å². The topological polar surface area (TPSA) is 54.0 Å². The van der Waals surface area contributed by atoms with Crippen molar-refractivity contribution < 1.29 is 22.9 Å². The van der Waals surface area contributed by atoms with Crippen LogP contribution in [0.5, 0.6) is 5.75 Å². The molecule has 34 heavy (non-hydrogen) atoms. The summed E-state index contributed by atoms with van der Waals surface area (Å²) in [5, 5.41) is 0. The lowest BCUT2D eigenvalue weighted by molar-refractivity contribution is -0.0600. The van der Waals surface area contributed by atoms with Crippen LogP contribution in [0.1, 0.15) is 105 Å². The first-order chi connectivity index (χ1) is 15.7. The van der Waals surface area contributed by atoms with Gasteiger partial charge in [-0.2, -0.15) is 0 Å². The molecule has 4 rings (SSSR count). The van der Waals surface area contributed by atoms with Crippen molar-refractivity contribution in [1.29, 1.82) is 0 Å². The van der Waals surface area contributed by atoms with Gasteiger partial charge in [-0.3, -0.25) is 9.05 Å². The fourth-order valence-corrected chi connectivity index (χ4v) is 8.72. The molecule has 3 aliphatic carbocycles. The number of rotatable bonds is 6. The number of hydrogen-bond acceptors (Lipinski definition) is 5. The Bertz CT molecular complexity index is 910. The zero-order chi connectivity index (χ0) is 24.9. The molecule has 0 bridgehead atoms. The predicted molar refractivity (Wildman–Crippen MR) is 136 cm³/mol. The summed E-state index contributed by atoms with van der Waals surface area (Å²) >= 11 is 0. The molecule has 1 aromatic carbocycles. The normalized spacial score (nSPS) is 31.5. The molecule has 5 nitrogen and oxygen atoms in total. The third kappa shape index (κ3) is 5.43. The van der Waals surface area contributed by atoms with E-state index in [1.54, 1.807) is 0 Å². The minimum atomic E-state index is -3.80. The fraction of sp³-hybridized carbons (Fsp3) is 0.786. The lowest BCUT2D eigenvalue weighted by Crippen LogP contribution is -2.44. The number of aryl methyl sites for hydroxylation is 1. The summed E-state index contributed by atoms with van der Waals surface area (Å²) in [6, 6.07) is 6.23. The SMILES string of the molecule is CCOC1CCC2C3CCc4cc(OP(=O)(OC(C)(C)C)OC(C)(C)C)ccc4C3CCC12C. The summed E-state index contributed by atoms with van der Waals surface area (Å²) in [5.41, 5.74) is 1.78. The van der Waals surface area contributed by atoms with Gasteiger partial charge in [-0.1, -0.05) is 13.0 Å². The van der Waals surface area contributed by atoms with E-state index in [-0.39, 0.29) is 0 Å². The number of benzene rings is 1. The Labute approximate surface area is 206 Å². The molecule has 192 valence electrons. The van der Waals surface area contributed by atoms with E-state index in [1.165, 1.54) is 43.2 Å². The number of phosphoric ester groups is 1.